The Morgan fingerprint density at radius 1 is 1.17 bits per heavy atom. The van der Waals surface area contributed by atoms with Crippen LogP contribution >= 0.6 is 11.6 Å². The van der Waals surface area contributed by atoms with E-state index < -0.39 is 47.3 Å². The molecule has 2 aliphatic rings. The van der Waals surface area contributed by atoms with Gasteiger partial charge in [0.25, 0.3) is 11.8 Å². The summed E-state index contributed by atoms with van der Waals surface area (Å²) in [5.74, 6) is -7.13. The maximum Gasteiger partial charge on any atom is 0.348 e. The zero-order valence-electron chi connectivity index (χ0n) is 18.2. The number of benzene rings is 2. The van der Waals surface area contributed by atoms with E-state index in [1.807, 2.05) is 0 Å². The monoisotopic (exact) mass is 491 g/mol. The van der Waals surface area contributed by atoms with Gasteiger partial charge in [0.15, 0.2) is 0 Å². The standard InChI is InChI=1S/C22H15B3ClF2N3O4/c23-14-7-16(26)15(24)6-13(14)22(27,28)21(35)31(25)8-10-1-2-12-11(5-10)9-30(20(12)34)17-3-4-18(32)29-19(17)33/h1-2,5-7,17H,3-4,8-9H2,(H,29,32,33). The highest BCUT2D eigenvalue weighted by atomic mass is 35.5. The Balaban J connectivity index is 1.50. The first-order valence-corrected chi connectivity index (χ1v) is 10.8. The van der Waals surface area contributed by atoms with E-state index in [0.717, 1.165) is 12.1 Å². The third-order valence-corrected chi connectivity index (χ3v) is 6.30. The van der Waals surface area contributed by atoms with Gasteiger partial charge in [0.05, 0.1) is 0 Å². The molecule has 4 amide bonds. The minimum atomic E-state index is -4.08. The molecule has 1 saturated heterocycles. The molecule has 1 fully saturated rings. The summed E-state index contributed by atoms with van der Waals surface area (Å²) >= 11 is 5.78. The molecule has 0 aromatic heterocycles. The molecule has 2 aromatic carbocycles. The molecule has 35 heavy (non-hydrogen) atoms. The number of fused-ring (bicyclic) bond motifs is 1. The van der Waals surface area contributed by atoms with E-state index in [1.54, 1.807) is 6.07 Å². The summed E-state index contributed by atoms with van der Waals surface area (Å²) in [5.41, 5.74) is -0.143. The van der Waals surface area contributed by atoms with E-state index in [2.05, 4.69) is 5.32 Å². The van der Waals surface area contributed by atoms with E-state index in [9.17, 15) is 28.0 Å². The lowest BCUT2D eigenvalue weighted by molar-refractivity contribution is -0.154. The van der Waals surface area contributed by atoms with E-state index in [-0.39, 0.29) is 35.8 Å². The maximum absolute atomic E-state index is 14.9. The van der Waals surface area contributed by atoms with Crippen molar-refractivity contribution in [3.8, 4) is 0 Å². The van der Waals surface area contributed by atoms with Gasteiger partial charge in [-0.1, -0.05) is 46.8 Å². The molecule has 7 nitrogen and oxygen atoms in total. The van der Waals surface area contributed by atoms with Gasteiger partial charge in [0.1, 0.15) is 21.7 Å². The van der Waals surface area contributed by atoms with E-state index in [4.69, 9.17) is 35.3 Å². The molecule has 6 radical (unpaired) electrons. The quantitative estimate of drug-likeness (QED) is 0.468. The van der Waals surface area contributed by atoms with Crippen LogP contribution in [0, 0.1) is 0 Å². The largest absolute Gasteiger partial charge is 0.387 e. The number of carbonyl (C=O) groups is 4. The zero-order valence-corrected chi connectivity index (χ0v) is 18.9. The van der Waals surface area contributed by atoms with Crippen molar-refractivity contribution in [1.82, 2.24) is 15.0 Å². The number of piperidine rings is 1. The first kappa shape index (κ1) is 25.0. The molecule has 1 atom stereocenters. The minimum absolute atomic E-state index is 0.0295. The van der Waals surface area contributed by atoms with Gasteiger partial charge in [0.2, 0.25) is 19.8 Å². The second kappa shape index (κ2) is 9.15. The summed E-state index contributed by atoms with van der Waals surface area (Å²) < 4.78 is 29.8. The summed E-state index contributed by atoms with van der Waals surface area (Å²) in [6.45, 7) is -0.305. The molecule has 1 unspecified atom stereocenters. The van der Waals surface area contributed by atoms with Gasteiger partial charge in [-0.15, -0.1) is 0 Å². The summed E-state index contributed by atoms with van der Waals surface area (Å²) in [5, 5.41) is 2.18. The van der Waals surface area contributed by atoms with E-state index in [1.165, 1.54) is 17.0 Å². The Morgan fingerprint density at radius 3 is 2.57 bits per heavy atom. The van der Waals surface area contributed by atoms with E-state index >= 15 is 0 Å². The number of nitrogens with one attached hydrogen (secondary N) is 1. The molecule has 13 heteroatoms. The molecule has 2 aliphatic heterocycles. The predicted octanol–water partition coefficient (Wildman–Crippen LogP) is -0.107. The average molecular weight is 491 g/mol. The molecule has 0 saturated carbocycles. The zero-order chi connectivity index (χ0) is 25.7. The van der Waals surface area contributed by atoms with Crippen LogP contribution in [0.15, 0.2) is 30.3 Å². The highest BCUT2D eigenvalue weighted by molar-refractivity contribution is 6.47. The Labute approximate surface area is 208 Å². The van der Waals surface area contributed by atoms with Crippen LogP contribution in [0.2, 0.25) is 5.02 Å². The lowest BCUT2D eigenvalue weighted by atomic mass is 9.82. The molecule has 2 heterocycles. The lowest BCUT2D eigenvalue weighted by Crippen LogP contribution is -2.52. The normalized spacial score (nSPS) is 17.9. The Bertz CT molecular complexity index is 1280. The minimum Gasteiger partial charge on any atom is -0.387 e. The highest BCUT2D eigenvalue weighted by Crippen LogP contribution is 2.31. The van der Waals surface area contributed by atoms with Gasteiger partial charge >= 0.3 is 5.92 Å². The number of imide groups is 1. The fraction of sp³-hybridized carbons (Fsp3) is 0.273. The van der Waals surface area contributed by atoms with Crippen LogP contribution < -0.4 is 16.2 Å². The van der Waals surface area contributed by atoms with Gasteiger partial charge in [-0.25, -0.2) is 0 Å². The first-order valence-electron chi connectivity index (χ1n) is 10.5. The Kier molecular flexibility index (Phi) is 6.53. The van der Waals surface area contributed by atoms with Gasteiger partial charge in [-0.3, -0.25) is 24.5 Å². The number of carbonyl (C=O) groups excluding carboxylic acids is 4. The first-order chi connectivity index (χ1) is 16.4. The topological polar surface area (TPSA) is 86.8 Å². The van der Waals surface area contributed by atoms with Crippen LogP contribution in [0.3, 0.4) is 0 Å². The van der Waals surface area contributed by atoms with Crippen molar-refractivity contribution in [1.29, 1.82) is 0 Å². The summed E-state index contributed by atoms with van der Waals surface area (Å²) in [6, 6.07) is 5.57. The van der Waals surface area contributed by atoms with Crippen LogP contribution in [0.25, 0.3) is 0 Å². The number of halogens is 3. The van der Waals surface area contributed by atoms with Crippen molar-refractivity contribution in [2.75, 3.05) is 0 Å². The number of hydrogen-bond donors (Lipinski definition) is 1. The van der Waals surface area contributed by atoms with Crippen LogP contribution in [-0.4, -0.2) is 63.1 Å². The molecule has 2 aromatic rings. The van der Waals surface area contributed by atoms with Crippen molar-refractivity contribution in [2.24, 2.45) is 0 Å². The Morgan fingerprint density at radius 2 is 1.89 bits per heavy atom. The van der Waals surface area contributed by atoms with E-state index in [0.29, 0.717) is 21.5 Å². The fourth-order valence-corrected chi connectivity index (χ4v) is 4.34. The molecule has 0 spiro atoms. The van der Waals surface area contributed by atoms with Gasteiger partial charge in [-0.05, 0) is 23.6 Å². The molecular weight excluding hydrogens is 476 g/mol. The van der Waals surface area contributed by atoms with Crippen LogP contribution in [0.1, 0.15) is 39.9 Å². The van der Waals surface area contributed by atoms with Gasteiger partial charge in [-0.2, -0.15) is 8.78 Å². The van der Waals surface area contributed by atoms with Gasteiger partial charge < -0.3 is 9.71 Å². The number of hydrogen-bond acceptors (Lipinski definition) is 4. The summed E-state index contributed by atoms with van der Waals surface area (Å²) in [6.07, 6.45) is 0.319. The van der Waals surface area contributed by atoms with Crippen molar-refractivity contribution < 1.29 is 28.0 Å². The van der Waals surface area contributed by atoms with Crippen molar-refractivity contribution >= 4 is 69.8 Å². The molecular formula is C22H15B3ClF2N3O4. The molecule has 1 N–H and O–H groups in total. The van der Waals surface area contributed by atoms with Crippen LogP contribution in [0.5, 0.6) is 0 Å². The number of rotatable bonds is 5. The number of alkyl halides is 2. The molecule has 4 rings (SSSR count). The average Bonchev–Trinajstić information content (AvgIpc) is 3.11. The second-order valence-electron chi connectivity index (χ2n) is 8.36. The molecule has 0 aliphatic carbocycles. The summed E-state index contributed by atoms with van der Waals surface area (Å²) in [7, 11) is 16.9. The third kappa shape index (κ3) is 4.59. The van der Waals surface area contributed by atoms with Crippen LogP contribution in [0.4, 0.5) is 8.78 Å². The molecule has 172 valence electrons. The maximum atomic E-state index is 14.9. The van der Waals surface area contributed by atoms with Crippen molar-refractivity contribution in [3.63, 3.8) is 0 Å². The fourth-order valence-electron chi connectivity index (χ4n) is 4.17. The van der Waals surface area contributed by atoms with Gasteiger partial charge in [0, 0.05) is 35.7 Å². The Hall–Kier alpha value is -3.14. The third-order valence-electron chi connectivity index (χ3n) is 5.98. The molecule has 0 bridgehead atoms. The number of nitrogens with zero attached hydrogens (tertiary/aromatic N) is 2. The predicted molar refractivity (Wildman–Crippen MR) is 125 cm³/mol. The second-order valence-corrected chi connectivity index (χ2v) is 8.77. The highest BCUT2D eigenvalue weighted by Gasteiger charge is 2.44. The lowest BCUT2D eigenvalue weighted by Gasteiger charge is -2.29. The SMILES string of the molecule is [B]c1cc(C(F)(F)C(=O)N([B])Cc2ccc3c(c2)CN(C2CCC(=O)NC2=O)C3=O)c([B])cc1Cl. The van der Waals surface area contributed by atoms with Crippen molar-refractivity contribution in [3.05, 3.63) is 57.6 Å². The number of amides is 4. The van der Waals surface area contributed by atoms with Crippen molar-refractivity contribution in [2.45, 2.75) is 37.9 Å². The summed E-state index contributed by atoms with van der Waals surface area (Å²) in [4.78, 5) is 50.6. The van der Waals surface area contributed by atoms with Crippen LogP contribution in [-0.2, 0) is 33.4 Å². The smallest absolute Gasteiger partial charge is 0.348 e.